The van der Waals surface area contributed by atoms with Gasteiger partial charge in [-0.1, -0.05) is 24.3 Å². The van der Waals surface area contributed by atoms with Gasteiger partial charge in [0.05, 0.1) is 13.0 Å². The molecule has 2 aliphatic rings. The van der Waals surface area contributed by atoms with Gasteiger partial charge < -0.3 is 19.5 Å². The Morgan fingerprint density at radius 2 is 1.89 bits per heavy atom. The van der Waals surface area contributed by atoms with Crippen molar-refractivity contribution < 1.29 is 19.4 Å². The van der Waals surface area contributed by atoms with Crippen molar-refractivity contribution in [2.24, 2.45) is 0 Å². The molecule has 0 radical (unpaired) electrons. The number of hydrogen-bond acceptors (Lipinski definition) is 4. The summed E-state index contributed by atoms with van der Waals surface area (Å²) < 4.78 is 12.2. The lowest BCUT2D eigenvalue weighted by Crippen LogP contribution is -2.44. The molecule has 0 bridgehead atoms. The number of likely N-dealkylation sites (tertiary alicyclic amines) is 1. The van der Waals surface area contributed by atoms with Crippen LogP contribution in [0.3, 0.4) is 0 Å². The molecule has 1 spiro atoms. The number of carbonyl (C=O) groups is 1. The third-order valence-electron chi connectivity index (χ3n) is 6.11. The maximum Gasteiger partial charge on any atom is 0.304 e. The molecular weight excluding hydrogens is 354 g/mol. The predicted molar refractivity (Wildman–Crippen MR) is 108 cm³/mol. The third kappa shape index (κ3) is 3.59. The average molecular weight is 381 g/mol. The molecule has 2 aliphatic heterocycles. The molecular formula is C23H27NO4. The van der Waals surface area contributed by atoms with Gasteiger partial charge in [-0.25, -0.2) is 0 Å². The van der Waals surface area contributed by atoms with Crippen LogP contribution < -0.4 is 9.47 Å². The van der Waals surface area contributed by atoms with Gasteiger partial charge in [-0.3, -0.25) is 4.79 Å². The van der Waals surface area contributed by atoms with Crippen LogP contribution in [-0.2, 0) is 10.2 Å². The fourth-order valence-electron chi connectivity index (χ4n) is 4.37. The quantitative estimate of drug-likeness (QED) is 0.837. The van der Waals surface area contributed by atoms with Crippen molar-refractivity contribution in [2.75, 3.05) is 26.2 Å². The Hall–Kier alpha value is -2.53. The van der Waals surface area contributed by atoms with Crippen LogP contribution in [0.2, 0.25) is 0 Å². The molecule has 0 amide bonds. The molecule has 0 saturated carbocycles. The SMILES string of the molecule is Cc1cccc(C)c1Oc1ccc2c(c1)OCC21CCN(CCC(=O)O)CC1. The van der Waals surface area contributed by atoms with Gasteiger partial charge in [0.15, 0.2) is 0 Å². The fraction of sp³-hybridized carbons (Fsp3) is 0.435. The molecule has 0 aromatic heterocycles. The van der Waals surface area contributed by atoms with Gasteiger partial charge >= 0.3 is 5.97 Å². The van der Waals surface area contributed by atoms with E-state index < -0.39 is 5.97 Å². The summed E-state index contributed by atoms with van der Waals surface area (Å²) in [5.74, 6) is 1.89. The summed E-state index contributed by atoms with van der Waals surface area (Å²) >= 11 is 0. The van der Waals surface area contributed by atoms with Gasteiger partial charge in [0.1, 0.15) is 17.2 Å². The van der Waals surface area contributed by atoms with Crippen molar-refractivity contribution >= 4 is 5.97 Å². The maximum absolute atomic E-state index is 10.8. The van der Waals surface area contributed by atoms with Crippen LogP contribution in [0.25, 0.3) is 0 Å². The van der Waals surface area contributed by atoms with E-state index in [1.54, 1.807) is 0 Å². The van der Waals surface area contributed by atoms with Crippen molar-refractivity contribution in [3.63, 3.8) is 0 Å². The first-order chi connectivity index (χ1) is 13.5. The Balaban J connectivity index is 1.48. The van der Waals surface area contributed by atoms with E-state index in [2.05, 4.69) is 36.9 Å². The standard InChI is InChI=1S/C23H27NO4/c1-16-4-3-5-17(2)22(16)28-18-6-7-19-20(14-18)27-15-23(19)9-12-24(13-10-23)11-8-21(25)26/h3-7,14H,8-13,15H2,1-2H3,(H,25,26). The molecule has 1 saturated heterocycles. The van der Waals surface area contributed by atoms with E-state index >= 15 is 0 Å². The number of ether oxygens (including phenoxy) is 2. The Morgan fingerprint density at radius 3 is 2.57 bits per heavy atom. The summed E-state index contributed by atoms with van der Waals surface area (Å²) in [5, 5.41) is 8.89. The molecule has 4 rings (SSSR count). The van der Waals surface area contributed by atoms with E-state index in [0.29, 0.717) is 13.2 Å². The zero-order valence-corrected chi connectivity index (χ0v) is 16.5. The zero-order valence-electron chi connectivity index (χ0n) is 16.5. The number of aliphatic carboxylic acids is 1. The van der Waals surface area contributed by atoms with E-state index in [1.807, 2.05) is 18.2 Å². The van der Waals surface area contributed by atoms with Crippen LogP contribution in [0.5, 0.6) is 17.2 Å². The van der Waals surface area contributed by atoms with E-state index in [4.69, 9.17) is 14.6 Å². The summed E-state index contributed by atoms with van der Waals surface area (Å²) in [4.78, 5) is 13.0. The van der Waals surface area contributed by atoms with Crippen LogP contribution in [0.1, 0.15) is 36.0 Å². The Bertz CT molecular complexity index is 864. The number of carboxylic acid groups (broad SMARTS) is 1. The maximum atomic E-state index is 10.8. The minimum absolute atomic E-state index is 0.0478. The van der Waals surface area contributed by atoms with E-state index in [-0.39, 0.29) is 11.8 Å². The smallest absolute Gasteiger partial charge is 0.304 e. The number of fused-ring (bicyclic) bond motifs is 2. The minimum atomic E-state index is -0.730. The number of carboxylic acids is 1. The molecule has 2 heterocycles. The van der Waals surface area contributed by atoms with Crippen LogP contribution in [0.4, 0.5) is 0 Å². The first-order valence-corrected chi connectivity index (χ1v) is 9.92. The van der Waals surface area contributed by atoms with Crippen molar-refractivity contribution in [1.29, 1.82) is 0 Å². The topological polar surface area (TPSA) is 59.0 Å². The number of hydrogen-bond donors (Lipinski definition) is 1. The minimum Gasteiger partial charge on any atom is -0.492 e. The highest BCUT2D eigenvalue weighted by Crippen LogP contribution is 2.47. The van der Waals surface area contributed by atoms with Crippen LogP contribution in [0, 0.1) is 13.8 Å². The fourth-order valence-corrected chi connectivity index (χ4v) is 4.37. The molecule has 2 aromatic carbocycles. The molecule has 5 nitrogen and oxygen atoms in total. The predicted octanol–water partition coefficient (Wildman–Crippen LogP) is 4.30. The number of nitrogens with zero attached hydrogens (tertiary/aromatic N) is 1. The lowest BCUT2D eigenvalue weighted by molar-refractivity contribution is -0.137. The normalized spacial score (nSPS) is 17.9. The molecule has 0 aliphatic carbocycles. The summed E-state index contributed by atoms with van der Waals surface area (Å²) in [7, 11) is 0. The monoisotopic (exact) mass is 381 g/mol. The van der Waals surface area contributed by atoms with Gasteiger partial charge in [0.2, 0.25) is 0 Å². The number of benzene rings is 2. The van der Waals surface area contributed by atoms with E-state index in [0.717, 1.165) is 54.3 Å². The molecule has 2 aromatic rings. The average Bonchev–Trinajstić information content (AvgIpc) is 3.02. The second-order valence-corrected chi connectivity index (χ2v) is 8.04. The van der Waals surface area contributed by atoms with Gasteiger partial charge in [-0.15, -0.1) is 0 Å². The lowest BCUT2D eigenvalue weighted by Gasteiger charge is -2.38. The molecule has 28 heavy (non-hydrogen) atoms. The van der Waals surface area contributed by atoms with Crippen molar-refractivity contribution in [3.8, 4) is 17.2 Å². The van der Waals surface area contributed by atoms with Gasteiger partial charge in [0, 0.05) is 23.6 Å². The molecule has 1 N–H and O–H groups in total. The molecule has 0 unspecified atom stereocenters. The number of piperidine rings is 1. The van der Waals surface area contributed by atoms with Crippen molar-refractivity contribution in [2.45, 2.75) is 38.5 Å². The van der Waals surface area contributed by atoms with E-state index in [9.17, 15) is 4.79 Å². The van der Waals surface area contributed by atoms with Crippen LogP contribution in [-0.4, -0.2) is 42.2 Å². The Morgan fingerprint density at radius 1 is 1.18 bits per heavy atom. The van der Waals surface area contributed by atoms with Crippen molar-refractivity contribution in [1.82, 2.24) is 4.90 Å². The summed E-state index contributed by atoms with van der Waals surface area (Å²) in [5.41, 5.74) is 3.55. The summed E-state index contributed by atoms with van der Waals surface area (Å²) in [6.07, 6.45) is 2.20. The van der Waals surface area contributed by atoms with Crippen molar-refractivity contribution in [3.05, 3.63) is 53.1 Å². The number of rotatable bonds is 5. The second-order valence-electron chi connectivity index (χ2n) is 8.04. The zero-order chi connectivity index (χ0) is 19.7. The summed E-state index contributed by atoms with van der Waals surface area (Å²) in [6, 6.07) is 12.3. The molecule has 148 valence electrons. The third-order valence-corrected chi connectivity index (χ3v) is 6.11. The Labute approximate surface area is 165 Å². The highest BCUT2D eigenvalue weighted by atomic mass is 16.5. The number of aryl methyl sites for hydroxylation is 2. The van der Waals surface area contributed by atoms with Crippen LogP contribution in [0.15, 0.2) is 36.4 Å². The Kier molecular flexibility index (Phi) is 5.02. The van der Waals surface area contributed by atoms with Crippen LogP contribution >= 0.6 is 0 Å². The molecule has 1 fully saturated rings. The lowest BCUT2D eigenvalue weighted by atomic mass is 9.74. The highest BCUT2D eigenvalue weighted by molar-refractivity contribution is 5.66. The molecule has 0 atom stereocenters. The second kappa shape index (κ2) is 7.47. The largest absolute Gasteiger partial charge is 0.492 e. The van der Waals surface area contributed by atoms with Gasteiger partial charge in [-0.2, -0.15) is 0 Å². The van der Waals surface area contributed by atoms with E-state index in [1.165, 1.54) is 5.56 Å². The van der Waals surface area contributed by atoms with Gasteiger partial charge in [-0.05, 0) is 57.0 Å². The highest BCUT2D eigenvalue weighted by Gasteiger charge is 2.43. The van der Waals surface area contributed by atoms with Gasteiger partial charge in [0.25, 0.3) is 0 Å². The first kappa shape index (κ1) is 18.8. The molecule has 5 heteroatoms. The summed E-state index contributed by atoms with van der Waals surface area (Å²) in [6.45, 7) is 7.26. The number of para-hydroxylation sites is 1. The first-order valence-electron chi connectivity index (χ1n) is 9.92.